The number of allylic oxidation sites excluding steroid dienone is 6. The first-order chi connectivity index (χ1) is 16.5. The van der Waals surface area contributed by atoms with Crippen LogP contribution < -0.4 is 10.3 Å². The molecule has 3 N–H and O–H groups in total. The summed E-state index contributed by atoms with van der Waals surface area (Å²) < 4.78 is 66.7. The molecule has 0 radical (unpaired) electrons. The molecule has 0 unspecified atom stereocenters. The number of nitrogens with one attached hydrogen (secondary N) is 2. The zero-order valence-corrected chi connectivity index (χ0v) is 22.3. The van der Waals surface area contributed by atoms with Crippen LogP contribution in [0.1, 0.15) is 38.8 Å². The second-order valence-corrected chi connectivity index (χ2v) is 13.0. The maximum absolute atomic E-state index is 11.5. The molecule has 0 aromatic heterocycles. The second-order valence-electron chi connectivity index (χ2n) is 9.72. The van der Waals surface area contributed by atoms with Crippen LogP contribution in [0.25, 0.3) is 0 Å². The number of rotatable bonds is 5. The predicted molar refractivity (Wildman–Crippen MR) is 137 cm³/mol. The van der Waals surface area contributed by atoms with E-state index in [1.54, 1.807) is 36.4 Å². The SMILES string of the molecule is CC1(C)C(/C=C/C(Cl)=C/C=C2/Nc3ccc(S(=O)(=O)O)cc3C2(C)C)=[NH+]c2ccc(S(=O)(=O)[O-])cc21. The Hall–Kier alpha value is -2.76. The molecule has 0 amide bonds. The minimum Gasteiger partial charge on any atom is -0.744 e. The molecule has 0 saturated carbocycles. The normalized spacial score (nSPS) is 19.8. The largest absolute Gasteiger partial charge is 0.744 e. The van der Waals surface area contributed by atoms with Crippen LogP contribution in [0, 0.1) is 0 Å². The maximum atomic E-state index is 11.5. The molecular formula is C25H25ClN2O6S2. The second kappa shape index (κ2) is 8.67. The van der Waals surface area contributed by atoms with Gasteiger partial charge in [-0.15, -0.1) is 0 Å². The first kappa shape index (κ1) is 26.3. The Morgan fingerprint density at radius 1 is 1.00 bits per heavy atom. The Balaban J connectivity index is 1.57. The molecule has 0 saturated heterocycles. The lowest BCUT2D eigenvalue weighted by Gasteiger charge is -2.20. The van der Waals surface area contributed by atoms with Gasteiger partial charge in [-0.25, -0.2) is 13.4 Å². The van der Waals surface area contributed by atoms with E-state index in [0.29, 0.717) is 16.3 Å². The van der Waals surface area contributed by atoms with Gasteiger partial charge in [0.15, 0.2) is 5.71 Å². The molecule has 4 rings (SSSR count). The average Bonchev–Trinajstić information content (AvgIpc) is 3.17. The highest BCUT2D eigenvalue weighted by atomic mass is 35.5. The van der Waals surface area contributed by atoms with Gasteiger partial charge in [0, 0.05) is 39.5 Å². The Morgan fingerprint density at radius 3 is 2.28 bits per heavy atom. The van der Waals surface area contributed by atoms with Crippen molar-refractivity contribution in [3.8, 4) is 0 Å². The van der Waals surface area contributed by atoms with Gasteiger partial charge in [0.25, 0.3) is 10.1 Å². The lowest BCUT2D eigenvalue weighted by molar-refractivity contribution is -0.349. The van der Waals surface area contributed by atoms with Gasteiger partial charge in [-0.2, -0.15) is 8.42 Å². The molecular weight excluding hydrogens is 524 g/mol. The zero-order valence-electron chi connectivity index (χ0n) is 20.0. The molecule has 11 heteroatoms. The van der Waals surface area contributed by atoms with Gasteiger partial charge in [-0.3, -0.25) is 4.55 Å². The minimum atomic E-state index is -4.56. The van der Waals surface area contributed by atoms with Crippen LogP contribution in [0.2, 0.25) is 0 Å². The maximum Gasteiger partial charge on any atom is 0.294 e. The first-order valence-corrected chi connectivity index (χ1v) is 14.1. The summed E-state index contributed by atoms with van der Waals surface area (Å²) in [4.78, 5) is 2.80. The lowest BCUT2D eigenvalue weighted by Crippen LogP contribution is -2.65. The topological polar surface area (TPSA) is 138 Å². The predicted octanol–water partition coefficient (Wildman–Crippen LogP) is 3.25. The van der Waals surface area contributed by atoms with Gasteiger partial charge >= 0.3 is 0 Å². The third-order valence-electron chi connectivity index (χ3n) is 6.62. The Kier molecular flexibility index (Phi) is 6.34. The van der Waals surface area contributed by atoms with Crippen molar-refractivity contribution in [1.82, 2.24) is 0 Å². The van der Waals surface area contributed by atoms with Crippen molar-refractivity contribution >= 4 is 48.9 Å². The summed E-state index contributed by atoms with van der Waals surface area (Å²) >= 11 is 6.44. The van der Waals surface area contributed by atoms with E-state index in [1.165, 1.54) is 24.3 Å². The summed E-state index contributed by atoms with van der Waals surface area (Å²) in [5.41, 5.74) is 3.32. The molecule has 2 aliphatic rings. The molecule has 190 valence electrons. The molecule has 2 aliphatic heterocycles. The average molecular weight is 549 g/mol. The van der Waals surface area contributed by atoms with E-state index in [9.17, 15) is 25.9 Å². The van der Waals surface area contributed by atoms with E-state index in [-0.39, 0.29) is 9.79 Å². The van der Waals surface area contributed by atoms with Gasteiger partial charge in [-0.05, 0) is 68.0 Å². The number of hydrogen-bond acceptors (Lipinski definition) is 6. The zero-order chi connectivity index (χ0) is 26.7. The highest BCUT2D eigenvalue weighted by Gasteiger charge is 2.40. The highest BCUT2D eigenvalue weighted by Crippen LogP contribution is 2.44. The third kappa shape index (κ3) is 4.79. The smallest absolute Gasteiger partial charge is 0.294 e. The van der Waals surface area contributed by atoms with Crippen molar-refractivity contribution in [3.63, 3.8) is 0 Å². The van der Waals surface area contributed by atoms with Crippen molar-refractivity contribution in [3.05, 3.63) is 82.6 Å². The van der Waals surface area contributed by atoms with E-state index in [1.807, 2.05) is 27.7 Å². The summed E-state index contributed by atoms with van der Waals surface area (Å²) in [6.45, 7) is 7.68. The molecule has 8 nitrogen and oxygen atoms in total. The number of fused-ring (bicyclic) bond motifs is 2. The Morgan fingerprint density at radius 2 is 1.64 bits per heavy atom. The van der Waals surface area contributed by atoms with Gasteiger partial charge in [0.05, 0.1) is 15.2 Å². The van der Waals surface area contributed by atoms with Crippen LogP contribution in [-0.4, -0.2) is 31.7 Å². The fraction of sp³-hybridized carbons (Fsp3) is 0.240. The van der Waals surface area contributed by atoms with Crippen LogP contribution in [0.5, 0.6) is 0 Å². The fourth-order valence-electron chi connectivity index (χ4n) is 4.39. The fourth-order valence-corrected chi connectivity index (χ4v) is 5.52. The molecule has 2 heterocycles. The van der Waals surface area contributed by atoms with Crippen molar-refractivity contribution in [2.45, 2.75) is 48.3 Å². The first-order valence-electron chi connectivity index (χ1n) is 10.9. The highest BCUT2D eigenvalue weighted by molar-refractivity contribution is 7.86. The van der Waals surface area contributed by atoms with Crippen molar-refractivity contribution < 1.29 is 30.9 Å². The van der Waals surface area contributed by atoms with Crippen LogP contribution in [0.3, 0.4) is 0 Å². The van der Waals surface area contributed by atoms with Crippen LogP contribution >= 0.6 is 11.6 Å². The van der Waals surface area contributed by atoms with Gasteiger partial charge < -0.3 is 9.87 Å². The monoisotopic (exact) mass is 548 g/mol. The summed E-state index contributed by atoms with van der Waals surface area (Å²) in [5.74, 6) is 0. The molecule has 0 bridgehead atoms. The summed E-state index contributed by atoms with van der Waals surface area (Å²) in [6.07, 6.45) is 7.00. The summed E-state index contributed by atoms with van der Waals surface area (Å²) in [5, 5.41) is 3.68. The quantitative estimate of drug-likeness (QED) is 0.385. The van der Waals surface area contributed by atoms with E-state index in [4.69, 9.17) is 11.6 Å². The van der Waals surface area contributed by atoms with Gasteiger partial charge in [0.1, 0.15) is 10.1 Å². The molecule has 0 atom stereocenters. The Bertz CT molecular complexity index is 1620. The standard InChI is InChI=1S/C25H25ClN2O6S2/c1-24(2)18-13-16(35(29,30)31)7-9-20(18)27-22(24)11-5-15(26)6-12-23-25(3,4)19-14-17(36(32,33)34)8-10-21(19)28-23/h5-14,27H,1-4H3,(H,29,30,31)(H,32,33,34)/b12-6+,15-5-,22-11+. The summed E-state index contributed by atoms with van der Waals surface area (Å²) in [6, 6.07) is 8.65. The lowest BCUT2D eigenvalue weighted by atomic mass is 9.81. The molecule has 2 aromatic rings. The van der Waals surface area contributed by atoms with Gasteiger partial charge in [-0.1, -0.05) is 25.4 Å². The number of hydrogen-bond donors (Lipinski definition) is 3. The molecule has 36 heavy (non-hydrogen) atoms. The van der Waals surface area contributed by atoms with E-state index in [2.05, 4.69) is 10.3 Å². The van der Waals surface area contributed by atoms with Crippen LogP contribution in [0.4, 0.5) is 11.4 Å². The van der Waals surface area contributed by atoms with E-state index < -0.39 is 31.1 Å². The van der Waals surface area contributed by atoms with E-state index in [0.717, 1.165) is 22.7 Å². The minimum absolute atomic E-state index is 0.168. The number of benzene rings is 2. The number of halogens is 1. The van der Waals surface area contributed by atoms with Crippen LogP contribution in [-0.2, 0) is 31.1 Å². The molecule has 0 spiro atoms. The van der Waals surface area contributed by atoms with Crippen LogP contribution in [0.15, 0.2) is 81.2 Å². The van der Waals surface area contributed by atoms with Crippen molar-refractivity contribution in [2.75, 3.05) is 5.32 Å². The molecule has 0 aliphatic carbocycles. The van der Waals surface area contributed by atoms with Gasteiger partial charge in [0.2, 0.25) is 5.69 Å². The van der Waals surface area contributed by atoms with E-state index >= 15 is 0 Å². The Labute approximate surface area is 215 Å². The number of anilines is 1. The third-order valence-corrected chi connectivity index (χ3v) is 8.55. The summed E-state index contributed by atoms with van der Waals surface area (Å²) in [7, 11) is -8.88. The van der Waals surface area contributed by atoms with Crippen molar-refractivity contribution in [2.24, 2.45) is 0 Å². The molecule has 0 fully saturated rings. The van der Waals surface area contributed by atoms with Crippen molar-refractivity contribution in [1.29, 1.82) is 0 Å². The molecule has 2 aromatic carbocycles.